The van der Waals surface area contributed by atoms with Gasteiger partial charge in [0.15, 0.2) is 0 Å². The van der Waals surface area contributed by atoms with E-state index < -0.39 is 0 Å². The van der Waals surface area contributed by atoms with Crippen molar-refractivity contribution in [2.24, 2.45) is 0 Å². The van der Waals surface area contributed by atoms with Gasteiger partial charge in [-0.15, -0.1) is 6.42 Å². The monoisotopic (exact) mass is 1100 g/mol. The van der Waals surface area contributed by atoms with E-state index in [0.717, 1.165) is 94.9 Å². The number of aromatic amines is 2. The molecule has 0 aliphatic rings. The molecule has 0 saturated carbocycles. The van der Waals surface area contributed by atoms with E-state index in [1.54, 1.807) is 0 Å². The Bertz CT molecular complexity index is 3630. The molecule has 4 N–H and O–H groups in total. The number of phenols is 2. The molecule has 0 aliphatic carbocycles. The third kappa shape index (κ3) is 10.6. The summed E-state index contributed by atoms with van der Waals surface area (Å²) in [5.41, 5.74) is 17.5. The van der Waals surface area contributed by atoms with Gasteiger partial charge < -0.3 is 29.7 Å². The molecule has 0 aliphatic heterocycles. The molecule has 8 aromatic carbocycles. The summed E-state index contributed by atoms with van der Waals surface area (Å²) in [6.07, 6.45) is 1.91. The molecular weight excluding hydrogens is 1020 g/mol. The average Bonchev–Trinajstić information content (AvgIpc) is 4.17. The van der Waals surface area contributed by atoms with Crippen molar-refractivity contribution in [2.45, 2.75) is 138 Å². The average molecular weight is 1100 g/mol. The van der Waals surface area contributed by atoms with Gasteiger partial charge in [0.1, 0.15) is 11.5 Å². The first kappa shape index (κ1) is 55.2. The number of fused-ring (bicyclic) bond motifs is 6. The normalized spacial score (nSPS) is 12.6. The van der Waals surface area contributed by atoms with Crippen LogP contribution in [-0.2, 0) is 47.9 Å². The summed E-state index contributed by atoms with van der Waals surface area (Å²) >= 11 is 0. The number of ether oxygens (including phenoxy) is 2. The number of aromatic nitrogens is 2. The third-order valence-corrected chi connectivity index (χ3v) is 15.4. The Hall–Kier alpha value is -6.56. The number of hydrogen-bond acceptors (Lipinski definition) is 4. The Morgan fingerprint density at radius 1 is 0.416 bits per heavy atom. The van der Waals surface area contributed by atoms with Crippen LogP contribution in [0.4, 0.5) is 0 Å². The number of phenolic OH excluding ortho intramolecular Hbond substituents is 2. The molecule has 77 heavy (non-hydrogen) atoms. The first-order valence-corrected chi connectivity index (χ1v) is 27.1. The van der Waals surface area contributed by atoms with Crippen molar-refractivity contribution < 1.29 is 45.9 Å². The molecule has 7 heteroatoms. The van der Waals surface area contributed by atoms with Crippen LogP contribution in [0.2, 0.25) is 0 Å². The molecule has 2 aromatic heterocycles. The van der Waals surface area contributed by atoms with Crippen LogP contribution in [0.1, 0.15) is 136 Å². The predicted molar refractivity (Wildman–Crippen MR) is 320 cm³/mol. The molecule has 0 radical (unpaired) electrons. The van der Waals surface area contributed by atoms with Crippen LogP contribution in [0.5, 0.6) is 23.0 Å². The van der Waals surface area contributed by atoms with Crippen LogP contribution in [0.3, 0.4) is 0 Å². The number of para-hydroxylation sites is 2. The molecule has 2 heterocycles. The maximum Gasteiger partial charge on any atom is 0.131 e. The van der Waals surface area contributed by atoms with Crippen molar-refractivity contribution in [2.75, 3.05) is 0 Å². The summed E-state index contributed by atoms with van der Waals surface area (Å²) in [5, 5.41) is 29.2. The van der Waals surface area contributed by atoms with Gasteiger partial charge in [-0.25, -0.2) is 0 Å². The largest absolute Gasteiger partial charge is 0.619 e. The fourth-order valence-corrected chi connectivity index (χ4v) is 10.6. The zero-order valence-electron chi connectivity index (χ0n) is 47.8. The number of aromatic hydroxyl groups is 2. The number of nitrogens with one attached hydrogen (secondary N) is 2. The van der Waals surface area contributed by atoms with Crippen LogP contribution < -0.4 is 9.47 Å². The molecule has 0 amide bonds. The number of rotatable bonds is 10. The summed E-state index contributed by atoms with van der Waals surface area (Å²) in [6, 6.07) is 46.7. The summed E-state index contributed by atoms with van der Waals surface area (Å²) in [5.74, 6) is 1.82. The van der Waals surface area contributed by atoms with Gasteiger partial charge in [0.25, 0.3) is 0 Å². The van der Waals surface area contributed by atoms with Crippen molar-refractivity contribution >= 4 is 43.6 Å². The molecule has 0 saturated heterocycles. The molecule has 0 atom stereocenters. The van der Waals surface area contributed by atoms with Crippen LogP contribution >= 0.6 is 0 Å². The zero-order chi connectivity index (χ0) is 54.4. The molecular formula is C70H75N2O4Zr-. The van der Waals surface area contributed by atoms with Crippen molar-refractivity contribution in [1.29, 1.82) is 0 Å². The van der Waals surface area contributed by atoms with E-state index in [2.05, 4.69) is 173 Å². The second kappa shape index (κ2) is 20.3. The van der Waals surface area contributed by atoms with Crippen molar-refractivity contribution in [3.8, 4) is 67.5 Å². The Balaban J connectivity index is 0.00000722. The molecule has 6 nitrogen and oxygen atoms in total. The van der Waals surface area contributed by atoms with E-state index in [0.29, 0.717) is 24.2 Å². The minimum atomic E-state index is -0.116. The number of benzene rings is 8. The van der Waals surface area contributed by atoms with E-state index in [4.69, 9.17) is 9.47 Å². The van der Waals surface area contributed by atoms with Gasteiger partial charge in [0.2, 0.25) is 0 Å². The minimum absolute atomic E-state index is 0. The van der Waals surface area contributed by atoms with Crippen LogP contribution in [-0.4, -0.2) is 20.2 Å². The fourth-order valence-electron chi connectivity index (χ4n) is 10.6. The second-order valence-electron chi connectivity index (χ2n) is 25.4. The molecule has 394 valence electrons. The second-order valence-corrected chi connectivity index (χ2v) is 25.4. The Kier molecular flexibility index (Phi) is 14.6. The minimum Gasteiger partial charge on any atom is -0.619 e. The van der Waals surface area contributed by atoms with Crippen LogP contribution in [0, 0.1) is 20.1 Å². The Labute approximate surface area is 475 Å². The standard InChI is InChI=1S/C70H75N2O4.Zr/c1-16-19-62(75-60-30-24-42(32-40(60)2)48-20-17-22-50(65(48)73)54-36-46(69(10,11)12)38-56-52-34-44(67(4,5)6)26-28-58(52)71-63(54)56)76-61-31-25-43(33-41(61)3)49-21-18-23-51(66(49)74)55-37-47(70(13,14)15)39-57-53-35-45(68(7,8)9)27-29-59(53)72-64(55)57;/h17-18,20-39,71-74H,16,19H2,1-15H3;/q-1;. The van der Waals surface area contributed by atoms with E-state index in [1.165, 1.54) is 33.0 Å². The first-order chi connectivity index (χ1) is 35.8. The van der Waals surface area contributed by atoms with Gasteiger partial charge in [-0.05, 0) is 153 Å². The third-order valence-electron chi connectivity index (χ3n) is 15.4. The molecule has 10 rings (SSSR count). The van der Waals surface area contributed by atoms with E-state index in [1.807, 2.05) is 74.5 Å². The van der Waals surface area contributed by atoms with Crippen molar-refractivity contribution in [3.63, 3.8) is 0 Å². The van der Waals surface area contributed by atoms with Gasteiger partial charge in [0.05, 0.1) is 22.5 Å². The maximum atomic E-state index is 12.3. The van der Waals surface area contributed by atoms with Crippen LogP contribution in [0.25, 0.3) is 88.1 Å². The first-order valence-electron chi connectivity index (χ1n) is 27.1. The maximum absolute atomic E-state index is 12.3. The van der Waals surface area contributed by atoms with Gasteiger partial charge in [-0.2, -0.15) is 0 Å². The molecule has 0 fully saturated rings. The van der Waals surface area contributed by atoms with Gasteiger partial charge in [-0.3, -0.25) is 0 Å². The smallest absolute Gasteiger partial charge is 0.131 e. The van der Waals surface area contributed by atoms with Gasteiger partial charge in [-0.1, -0.05) is 157 Å². The quantitative estimate of drug-likeness (QED) is 0.103. The summed E-state index contributed by atoms with van der Waals surface area (Å²) in [6.45, 7) is 33.1. The van der Waals surface area contributed by atoms with Crippen LogP contribution in [0.15, 0.2) is 133 Å². The summed E-state index contributed by atoms with van der Waals surface area (Å²) in [4.78, 5) is 7.48. The van der Waals surface area contributed by atoms with Gasteiger partial charge in [0, 0.05) is 98.5 Å². The molecule has 10 aromatic rings. The van der Waals surface area contributed by atoms with E-state index >= 15 is 0 Å². The van der Waals surface area contributed by atoms with Gasteiger partial charge >= 0.3 is 0 Å². The van der Waals surface area contributed by atoms with E-state index in [-0.39, 0.29) is 59.4 Å². The fraction of sp³-hybridized carbons (Fsp3) is 0.300. The topological polar surface area (TPSA) is 90.5 Å². The Morgan fingerprint density at radius 3 is 1.13 bits per heavy atom. The summed E-state index contributed by atoms with van der Waals surface area (Å²) in [7, 11) is 0. The molecule has 0 bridgehead atoms. The van der Waals surface area contributed by atoms with E-state index in [9.17, 15) is 10.2 Å². The van der Waals surface area contributed by atoms with Crippen molar-refractivity contribution in [1.82, 2.24) is 9.97 Å². The number of aryl methyl sites for hydroxylation is 2. The molecule has 0 unspecified atom stereocenters. The predicted octanol–water partition coefficient (Wildman–Crippen LogP) is 19.6. The SMILES string of the molecule is CCC[C-](Oc1ccc(-c2cccc(-c3cc(C(C)(C)C)cc4c3[nH]c3ccc(C(C)(C)C)cc34)c2O)cc1C)Oc1ccc(-c2cccc(-c3cc(C(C)(C)C)cc4c3[nH]c3ccc(C(C)(C)C)cc34)c2O)cc1C.[Zr]. The zero-order valence-corrected chi connectivity index (χ0v) is 50.3. The Morgan fingerprint density at radius 2 is 0.779 bits per heavy atom. The van der Waals surface area contributed by atoms with Crippen molar-refractivity contribution in [3.05, 3.63) is 173 Å². The number of H-pyrrole nitrogens is 2. The summed E-state index contributed by atoms with van der Waals surface area (Å²) < 4.78 is 13.2. The molecule has 0 spiro atoms. The number of hydrogen-bond donors (Lipinski definition) is 4.